The van der Waals surface area contributed by atoms with Crippen LogP contribution in [0.1, 0.15) is 42.0 Å². The lowest BCUT2D eigenvalue weighted by Crippen LogP contribution is -2.41. The summed E-state index contributed by atoms with van der Waals surface area (Å²) >= 11 is 1.86. The zero-order chi connectivity index (χ0) is 13.8. The molecule has 3 atom stereocenters. The molecule has 1 fully saturated rings. The van der Waals surface area contributed by atoms with E-state index in [4.69, 9.17) is 10.5 Å². The van der Waals surface area contributed by atoms with E-state index in [2.05, 4.69) is 37.9 Å². The van der Waals surface area contributed by atoms with Crippen LogP contribution in [-0.4, -0.2) is 37.2 Å². The van der Waals surface area contributed by atoms with Crippen LogP contribution in [0.2, 0.25) is 0 Å². The van der Waals surface area contributed by atoms with Crippen LogP contribution in [0.25, 0.3) is 0 Å². The molecule has 1 aliphatic rings. The maximum atomic E-state index is 6.36. The third-order valence-corrected chi connectivity index (χ3v) is 4.99. The Morgan fingerprint density at radius 1 is 1.53 bits per heavy atom. The first-order valence-electron chi connectivity index (χ1n) is 7.25. The summed E-state index contributed by atoms with van der Waals surface area (Å²) < 4.78 is 5.75. The fourth-order valence-electron chi connectivity index (χ4n) is 2.81. The number of nitrogens with zero attached hydrogens (tertiary/aromatic N) is 1. The highest BCUT2D eigenvalue weighted by molar-refractivity contribution is 7.12. The van der Waals surface area contributed by atoms with E-state index in [0.29, 0.717) is 12.1 Å². The van der Waals surface area contributed by atoms with Gasteiger partial charge < -0.3 is 10.5 Å². The monoisotopic (exact) mass is 282 g/mol. The fourth-order valence-corrected chi connectivity index (χ4v) is 3.93. The summed E-state index contributed by atoms with van der Waals surface area (Å²) in [6, 6.07) is 4.92. The number of hydrogen-bond acceptors (Lipinski definition) is 4. The first-order valence-corrected chi connectivity index (χ1v) is 8.07. The maximum absolute atomic E-state index is 6.36. The Morgan fingerprint density at radius 2 is 2.32 bits per heavy atom. The van der Waals surface area contributed by atoms with E-state index in [-0.39, 0.29) is 6.04 Å². The standard InChI is InChI=1S/C15H26N2OS/c1-4-13(16)15(14-8-7-11(2)19-14)17(3)10-12-6-5-9-18-12/h7-8,12-13,15H,4-6,9-10,16H2,1-3H3. The van der Waals surface area contributed by atoms with Crippen LogP contribution in [-0.2, 0) is 4.74 Å². The van der Waals surface area contributed by atoms with Crippen LogP contribution in [0.15, 0.2) is 12.1 Å². The Balaban J connectivity index is 2.07. The van der Waals surface area contributed by atoms with Crippen molar-refractivity contribution >= 4 is 11.3 Å². The van der Waals surface area contributed by atoms with E-state index in [1.807, 2.05) is 11.3 Å². The van der Waals surface area contributed by atoms with Gasteiger partial charge in [-0.3, -0.25) is 4.90 Å². The van der Waals surface area contributed by atoms with Crippen molar-refractivity contribution in [3.63, 3.8) is 0 Å². The molecule has 2 heterocycles. The largest absolute Gasteiger partial charge is 0.377 e. The average molecular weight is 282 g/mol. The normalized spacial score (nSPS) is 22.9. The third kappa shape index (κ3) is 3.78. The van der Waals surface area contributed by atoms with E-state index < -0.39 is 0 Å². The van der Waals surface area contributed by atoms with Gasteiger partial charge in [0.25, 0.3) is 0 Å². The SMILES string of the molecule is CCC(N)C(c1ccc(C)s1)N(C)CC1CCCO1. The molecule has 1 saturated heterocycles. The molecule has 1 aromatic heterocycles. The van der Waals surface area contributed by atoms with Gasteiger partial charge in [-0.05, 0) is 45.4 Å². The Kier molecular flexibility index (Phi) is 5.39. The second-order valence-corrected chi connectivity index (χ2v) is 6.86. The number of aryl methyl sites for hydroxylation is 1. The van der Waals surface area contributed by atoms with Gasteiger partial charge in [0.1, 0.15) is 0 Å². The van der Waals surface area contributed by atoms with Gasteiger partial charge in [0.05, 0.1) is 12.1 Å². The van der Waals surface area contributed by atoms with Crippen molar-refractivity contribution in [2.45, 2.75) is 51.3 Å². The highest BCUT2D eigenvalue weighted by Crippen LogP contribution is 2.30. The second kappa shape index (κ2) is 6.84. The first-order chi connectivity index (χ1) is 9.11. The zero-order valence-corrected chi connectivity index (χ0v) is 13.1. The molecule has 0 amide bonds. The summed E-state index contributed by atoms with van der Waals surface area (Å²) in [7, 11) is 2.18. The summed E-state index contributed by atoms with van der Waals surface area (Å²) in [6.07, 6.45) is 3.76. The van der Waals surface area contributed by atoms with Gasteiger partial charge in [0.2, 0.25) is 0 Å². The van der Waals surface area contributed by atoms with Gasteiger partial charge in [0.15, 0.2) is 0 Å². The van der Waals surface area contributed by atoms with E-state index in [9.17, 15) is 0 Å². The van der Waals surface area contributed by atoms with E-state index in [1.165, 1.54) is 22.6 Å². The zero-order valence-electron chi connectivity index (χ0n) is 12.3. The van der Waals surface area contributed by atoms with Crippen molar-refractivity contribution in [2.24, 2.45) is 5.73 Å². The smallest absolute Gasteiger partial charge is 0.0702 e. The molecule has 0 radical (unpaired) electrons. The Bertz CT molecular complexity index is 387. The van der Waals surface area contributed by atoms with Crippen LogP contribution < -0.4 is 5.73 Å². The molecule has 4 heteroatoms. The van der Waals surface area contributed by atoms with Gasteiger partial charge >= 0.3 is 0 Å². The molecule has 0 aliphatic carbocycles. The van der Waals surface area contributed by atoms with Crippen molar-refractivity contribution in [2.75, 3.05) is 20.2 Å². The number of likely N-dealkylation sites (N-methyl/N-ethyl adjacent to an activating group) is 1. The Morgan fingerprint density at radius 3 is 2.84 bits per heavy atom. The van der Waals surface area contributed by atoms with Gasteiger partial charge in [-0.1, -0.05) is 6.92 Å². The predicted octanol–water partition coefficient (Wildman–Crippen LogP) is 2.95. The van der Waals surface area contributed by atoms with Crippen LogP contribution in [0, 0.1) is 6.92 Å². The van der Waals surface area contributed by atoms with Crippen molar-refractivity contribution in [3.8, 4) is 0 Å². The molecule has 3 unspecified atom stereocenters. The van der Waals surface area contributed by atoms with E-state index in [1.54, 1.807) is 0 Å². The molecule has 2 N–H and O–H groups in total. The lowest BCUT2D eigenvalue weighted by atomic mass is 10.0. The molecular formula is C15H26N2OS. The molecule has 108 valence electrons. The average Bonchev–Trinajstić information content (AvgIpc) is 3.01. The summed E-state index contributed by atoms with van der Waals surface area (Å²) in [4.78, 5) is 5.12. The molecule has 1 aromatic rings. The topological polar surface area (TPSA) is 38.5 Å². The van der Waals surface area contributed by atoms with Crippen LogP contribution in [0.5, 0.6) is 0 Å². The van der Waals surface area contributed by atoms with Crippen molar-refractivity contribution in [1.82, 2.24) is 4.90 Å². The number of rotatable bonds is 6. The molecule has 1 aliphatic heterocycles. The molecule has 0 bridgehead atoms. The number of thiophene rings is 1. The Hall–Kier alpha value is -0.420. The molecule has 0 spiro atoms. The molecular weight excluding hydrogens is 256 g/mol. The summed E-state index contributed by atoms with van der Waals surface area (Å²) in [5.74, 6) is 0. The van der Waals surface area contributed by atoms with Crippen LogP contribution in [0.4, 0.5) is 0 Å². The number of ether oxygens (including phenoxy) is 1. The number of nitrogens with two attached hydrogens (primary N) is 1. The molecule has 3 nitrogen and oxygen atoms in total. The minimum atomic E-state index is 0.185. The first kappa shape index (κ1) is 15.0. The Labute approximate surface area is 120 Å². The highest BCUT2D eigenvalue weighted by atomic mass is 32.1. The summed E-state index contributed by atoms with van der Waals surface area (Å²) in [5.41, 5.74) is 6.36. The minimum Gasteiger partial charge on any atom is -0.377 e. The molecule has 2 rings (SSSR count). The maximum Gasteiger partial charge on any atom is 0.0702 e. The third-order valence-electron chi connectivity index (χ3n) is 3.92. The van der Waals surface area contributed by atoms with Gasteiger partial charge in [-0.2, -0.15) is 0 Å². The van der Waals surface area contributed by atoms with E-state index in [0.717, 1.165) is 19.6 Å². The minimum absolute atomic E-state index is 0.185. The van der Waals surface area contributed by atoms with Crippen molar-refractivity contribution in [3.05, 3.63) is 21.9 Å². The molecule has 19 heavy (non-hydrogen) atoms. The lowest BCUT2D eigenvalue weighted by Gasteiger charge is -2.33. The lowest BCUT2D eigenvalue weighted by molar-refractivity contribution is 0.0635. The highest BCUT2D eigenvalue weighted by Gasteiger charge is 2.27. The molecule has 0 aromatic carbocycles. The van der Waals surface area contributed by atoms with Crippen LogP contribution in [0.3, 0.4) is 0 Å². The predicted molar refractivity (Wildman–Crippen MR) is 81.7 cm³/mol. The van der Waals surface area contributed by atoms with Gasteiger partial charge in [-0.25, -0.2) is 0 Å². The van der Waals surface area contributed by atoms with Crippen molar-refractivity contribution in [1.29, 1.82) is 0 Å². The summed E-state index contributed by atoms with van der Waals surface area (Å²) in [5, 5.41) is 0. The fraction of sp³-hybridized carbons (Fsp3) is 0.733. The van der Waals surface area contributed by atoms with Gasteiger partial charge in [-0.15, -0.1) is 11.3 Å². The second-order valence-electron chi connectivity index (χ2n) is 5.54. The quantitative estimate of drug-likeness (QED) is 0.872. The molecule has 0 saturated carbocycles. The van der Waals surface area contributed by atoms with E-state index >= 15 is 0 Å². The van der Waals surface area contributed by atoms with Crippen molar-refractivity contribution < 1.29 is 4.74 Å². The van der Waals surface area contributed by atoms with Gasteiger partial charge in [0, 0.05) is 28.9 Å². The van der Waals surface area contributed by atoms with Crippen LogP contribution >= 0.6 is 11.3 Å². The summed E-state index contributed by atoms with van der Waals surface area (Å²) in [6.45, 7) is 6.22. The number of hydrogen-bond donors (Lipinski definition) is 1.